The van der Waals surface area contributed by atoms with Gasteiger partial charge in [0, 0.05) is 24.7 Å². The number of nitrogens with zero attached hydrogens (tertiary/aromatic N) is 5. The maximum Gasteiger partial charge on any atom is 0.266 e. The summed E-state index contributed by atoms with van der Waals surface area (Å²) in [6.45, 7) is 0.866. The molecular weight excluding hydrogens is 568 g/mol. The predicted molar refractivity (Wildman–Crippen MR) is 163 cm³/mol. The number of hydrogen-bond acceptors (Lipinski definition) is 7. The van der Waals surface area contributed by atoms with Crippen LogP contribution in [-0.4, -0.2) is 51.1 Å². The molecule has 0 fully saturated rings. The summed E-state index contributed by atoms with van der Waals surface area (Å²) in [7, 11) is 4.00. The van der Waals surface area contributed by atoms with Crippen molar-refractivity contribution in [3.63, 3.8) is 0 Å². The quantitative estimate of drug-likeness (QED) is 0.179. The lowest BCUT2D eigenvalue weighted by Crippen LogP contribution is -2.33. The van der Waals surface area contributed by atoms with E-state index in [1.807, 2.05) is 56.6 Å². The summed E-state index contributed by atoms with van der Waals surface area (Å²) in [5, 5.41) is 22.3. The zero-order valence-electron chi connectivity index (χ0n) is 24.0. The molecule has 5 rings (SSSR count). The number of amides is 1. The normalized spacial score (nSPS) is 11.8. The van der Waals surface area contributed by atoms with Crippen LogP contribution in [0.25, 0.3) is 17.0 Å². The van der Waals surface area contributed by atoms with E-state index in [0.29, 0.717) is 27.8 Å². The van der Waals surface area contributed by atoms with Gasteiger partial charge in [0.1, 0.15) is 5.56 Å². The molecule has 10 nitrogen and oxygen atoms in total. The second-order valence-corrected chi connectivity index (χ2v) is 10.3. The topological polar surface area (TPSA) is 128 Å². The highest BCUT2D eigenvalue weighted by atomic mass is 19.2. The number of H-pyrrole nitrogens is 1. The molecule has 1 amide bonds. The number of carbonyl (C=O) groups is 1. The Bertz CT molecular complexity index is 1930. The van der Waals surface area contributed by atoms with Crippen LogP contribution in [0, 0.1) is 11.6 Å². The van der Waals surface area contributed by atoms with Gasteiger partial charge < -0.3 is 20.3 Å². The molecule has 0 bridgehead atoms. The van der Waals surface area contributed by atoms with Crippen LogP contribution >= 0.6 is 0 Å². The molecular formula is C32H29F2N7O3. The Kier molecular flexibility index (Phi) is 9.01. The summed E-state index contributed by atoms with van der Waals surface area (Å²) in [5.41, 5.74) is 3.14. The molecule has 2 heterocycles. The average molecular weight is 598 g/mol. The van der Waals surface area contributed by atoms with Gasteiger partial charge in [0.2, 0.25) is 5.88 Å². The van der Waals surface area contributed by atoms with Crippen LogP contribution in [-0.2, 0) is 13.1 Å². The third-order valence-electron chi connectivity index (χ3n) is 6.65. The standard InChI is InChI=1S/C32H29F2N7O3/c1-40(2)17-21-5-9-23(10-6-21)38-39-29-24-11-7-20(15-28(24)37-31(29)43)4-3-13-36-30(42)25-16-35-19-41(32(25)44)18-22-8-12-26(33)27(34)14-22/h3-12,14-16,19,37,43H,13,17-18H2,1-2H3,(H,36,42). The number of rotatable bonds is 10. The molecule has 0 unspecified atom stereocenters. The zero-order chi connectivity index (χ0) is 31.2. The van der Waals surface area contributed by atoms with Gasteiger partial charge >= 0.3 is 0 Å². The van der Waals surface area contributed by atoms with Crippen LogP contribution in [0.5, 0.6) is 5.88 Å². The van der Waals surface area contributed by atoms with Crippen LogP contribution in [0.1, 0.15) is 27.0 Å². The van der Waals surface area contributed by atoms with Crippen molar-refractivity contribution in [2.45, 2.75) is 13.1 Å². The van der Waals surface area contributed by atoms with E-state index in [1.54, 1.807) is 12.2 Å². The van der Waals surface area contributed by atoms with Crippen LogP contribution in [0.4, 0.5) is 20.2 Å². The van der Waals surface area contributed by atoms with E-state index in [4.69, 9.17) is 0 Å². The molecule has 0 saturated heterocycles. The number of aromatic nitrogens is 3. The monoisotopic (exact) mass is 597 g/mol. The smallest absolute Gasteiger partial charge is 0.266 e. The molecule has 0 spiro atoms. The molecule has 0 aliphatic heterocycles. The summed E-state index contributed by atoms with van der Waals surface area (Å²) in [4.78, 5) is 34.4. The van der Waals surface area contributed by atoms with E-state index in [0.717, 1.165) is 40.6 Å². The van der Waals surface area contributed by atoms with Gasteiger partial charge in [-0.1, -0.05) is 36.4 Å². The van der Waals surface area contributed by atoms with Crippen molar-refractivity contribution in [3.05, 3.63) is 124 Å². The number of nitrogens with one attached hydrogen (secondary N) is 2. The van der Waals surface area contributed by atoms with Gasteiger partial charge in [0.25, 0.3) is 11.5 Å². The van der Waals surface area contributed by atoms with Gasteiger partial charge in [-0.25, -0.2) is 13.8 Å². The molecule has 44 heavy (non-hydrogen) atoms. The molecule has 0 aliphatic carbocycles. The first-order valence-corrected chi connectivity index (χ1v) is 13.6. The van der Waals surface area contributed by atoms with E-state index in [2.05, 4.69) is 30.4 Å². The number of benzene rings is 3. The molecule has 5 aromatic rings. The number of aromatic hydroxyl groups is 1. The van der Waals surface area contributed by atoms with Gasteiger partial charge in [0.05, 0.1) is 24.1 Å². The molecule has 3 N–H and O–H groups in total. The highest BCUT2D eigenvalue weighted by molar-refractivity contribution is 5.95. The fourth-order valence-electron chi connectivity index (χ4n) is 4.53. The van der Waals surface area contributed by atoms with Gasteiger partial charge in [-0.3, -0.25) is 14.2 Å². The number of carbonyl (C=O) groups excluding carboxylic acids is 1. The Balaban J connectivity index is 1.21. The maximum atomic E-state index is 13.5. The van der Waals surface area contributed by atoms with Crippen molar-refractivity contribution in [1.29, 1.82) is 0 Å². The average Bonchev–Trinajstić information content (AvgIpc) is 3.31. The Labute approximate surface area is 251 Å². The van der Waals surface area contributed by atoms with Crippen LogP contribution in [0.15, 0.2) is 94.3 Å². The SMILES string of the molecule is CN(C)Cc1ccc(N=Nc2c(O)[nH]c3cc(C=CCNC(=O)c4cncn(Cc5ccc(F)c(F)c5)c4=O)ccc23)cc1. The van der Waals surface area contributed by atoms with E-state index in [1.165, 1.54) is 12.4 Å². The summed E-state index contributed by atoms with van der Waals surface area (Å²) >= 11 is 0. The first-order chi connectivity index (χ1) is 21.2. The van der Waals surface area contributed by atoms with Gasteiger partial charge in [-0.05, 0) is 67.2 Å². The van der Waals surface area contributed by atoms with Gasteiger partial charge in [-0.2, -0.15) is 5.11 Å². The second kappa shape index (κ2) is 13.2. The van der Waals surface area contributed by atoms with Crippen molar-refractivity contribution < 1.29 is 18.7 Å². The highest BCUT2D eigenvalue weighted by Gasteiger charge is 2.14. The molecule has 3 aromatic carbocycles. The van der Waals surface area contributed by atoms with Crippen molar-refractivity contribution in [3.8, 4) is 5.88 Å². The summed E-state index contributed by atoms with van der Waals surface area (Å²) < 4.78 is 27.9. The molecule has 0 aliphatic rings. The third-order valence-corrected chi connectivity index (χ3v) is 6.65. The van der Waals surface area contributed by atoms with Crippen molar-refractivity contribution >= 4 is 34.3 Å². The largest absolute Gasteiger partial charge is 0.493 e. The number of aromatic amines is 1. The number of hydrogen-bond donors (Lipinski definition) is 3. The fourth-order valence-corrected chi connectivity index (χ4v) is 4.53. The van der Waals surface area contributed by atoms with Crippen molar-refractivity contribution in [1.82, 2.24) is 24.8 Å². The highest BCUT2D eigenvalue weighted by Crippen LogP contribution is 2.36. The van der Waals surface area contributed by atoms with E-state index >= 15 is 0 Å². The first kappa shape index (κ1) is 30.0. The first-order valence-electron chi connectivity index (χ1n) is 13.6. The van der Waals surface area contributed by atoms with Crippen molar-refractivity contribution in [2.75, 3.05) is 20.6 Å². The molecule has 0 saturated carbocycles. The fraction of sp³-hybridized carbons (Fsp3) is 0.156. The number of halogens is 2. The summed E-state index contributed by atoms with van der Waals surface area (Å²) in [6.07, 6.45) is 5.87. The van der Waals surface area contributed by atoms with Crippen molar-refractivity contribution in [2.24, 2.45) is 10.2 Å². The number of azo groups is 1. The Morgan fingerprint density at radius 1 is 1.05 bits per heavy atom. The van der Waals surface area contributed by atoms with E-state index in [9.17, 15) is 23.5 Å². The summed E-state index contributed by atoms with van der Waals surface area (Å²) in [5.74, 6) is -2.75. The Hall–Kier alpha value is -5.49. The minimum Gasteiger partial charge on any atom is -0.493 e. The minimum absolute atomic E-state index is 0.0753. The molecule has 0 atom stereocenters. The second-order valence-electron chi connectivity index (χ2n) is 10.3. The molecule has 0 radical (unpaired) electrons. The lowest BCUT2D eigenvalue weighted by molar-refractivity contribution is 0.0955. The van der Waals surface area contributed by atoms with Crippen LogP contribution in [0.3, 0.4) is 0 Å². The zero-order valence-corrected chi connectivity index (χ0v) is 24.0. The molecule has 12 heteroatoms. The van der Waals surface area contributed by atoms with Gasteiger partial charge in [-0.15, -0.1) is 5.11 Å². The lowest BCUT2D eigenvalue weighted by atomic mass is 10.1. The van der Waals surface area contributed by atoms with E-state index in [-0.39, 0.29) is 24.5 Å². The Morgan fingerprint density at radius 3 is 2.57 bits per heavy atom. The van der Waals surface area contributed by atoms with Crippen LogP contribution < -0.4 is 10.9 Å². The Morgan fingerprint density at radius 2 is 1.82 bits per heavy atom. The molecule has 224 valence electrons. The molecule has 2 aromatic heterocycles. The van der Waals surface area contributed by atoms with Gasteiger partial charge in [0.15, 0.2) is 17.3 Å². The number of fused-ring (bicyclic) bond motifs is 1. The minimum atomic E-state index is -1.03. The maximum absolute atomic E-state index is 13.5. The predicted octanol–water partition coefficient (Wildman–Crippen LogP) is 5.68. The lowest BCUT2D eigenvalue weighted by Gasteiger charge is -2.08. The van der Waals surface area contributed by atoms with E-state index < -0.39 is 23.1 Å². The van der Waals surface area contributed by atoms with Crippen LogP contribution in [0.2, 0.25) is 0 Å². The summed E-state index contributed by atoms with van der Waals surface area (Å²) in [6, 6.07) is 16.5. The third kappa shape index (κ3) is 7.10.